The van der Waals surface area contributed by atoms with Crippen LogP contribution in [0.4, 0.5) is 0 Å². The van der Waals surface area contributed by atoms with Crippen molar-refractivity contribution < 1.29 is 9.53 Å². The maximum Gasteiger partial charge on any atom is 0.254 e. The second-order valence-electron chi connectivity index (χ2n) is 3.64. The molecule has 16 heavy (non-hydrogen) atoms. The summed E-state index contributed by atoms with van der Waals surface area (Å²) in [6.07, 6.45) is 1.56. The molecule has 0 fully saturated rings. The lowest BCUT2D eigenvalue weighted by Gasteiger charge is -2.11. The van der Waals surface area contributed by atoms with E-state index in [-0.39, 0.29) is 11.5 Å². The van der Waals surface area contributed by atoms with Crippen LogP contribution in [0.5, 0.6) is 0 Å². The average molecular weight is 224 g/mol. The highest BCUT2D eigenvalue weighted by atomic mass is 16.5. The van der Waals surface area contributed by atoms with Crippen molar-refractivity contribution in [3.05, 3.63) is 34.2 Å². The quantitative estimate of drug-likeness (QED) is 0.734. The third kappa shape index (κ3) is 2.93. The van der Waals surface area contributed by atoms with Crippen molar-refractivity contribution in [3.8, 4) is 0 Å². The third-order valence-electron chi connectivity index (χ3n) is 2.17. The van der Waals surface area contributed by atoms with Gasteiger partial charge < -0.3 is 14.2 Å². The van der Waals surface area contributed by atoms with E-state index < -0.39 is 0 Å². The number of pyridine rings is 1. The normalized spacial score (nSPS) is 10.2. The van der Waals surface area contributed by atoms with Gasteiger partial charge in [-0.2, -0.15) is 0 Å². The first-order valence-corrected chi connectivity index (χ1v) is 4.97. The highest BCUT2D eigenvalue weighted by Gasteiger charge is 2.09. The van der Waals surface area contributed by atoms with Gasteiger partial charge >= 0.3 is 0 Å². The van der Waals surface area contributed by atoms with Gasteiger partial charge in [-0.05, 0) is 6.07 Å². The first kappa shape index (κ1) is 12.4. The first-order valence-electron chi connectivity index (χ1n) is 4.97. The van der Waals surface area contributed by atoms with Gasteiger partial charge in [0.05, 0.1) is 12.2 Å². The van der Waals surface area contributed by atoms with Crippen LogP contribution in [0.25, 0.3) is 0 Å². The minimum atomic E-state index is -0.132. The summed E-state index contributed by atoms with van der Waals surface area (Å²) in [5, 5.41) is 0. The summed E-state index contributed by atoms with van der Waals surface area (Å²) in [4.78, 5) is 24.6. The lowest BCUT2D eigenvalue weighted by molar-refractivity contribution is 0.0826. The second kappa shape index (κ2) is 5.46. The Morgan fingerprint density at radius 2 is 2.12 bits per heavy atom. The van der Waals surface area contributed by atoms with E-state index in [1.807, 2.05) is 0 Å². The van der Waals surface area contributed by atoms with Gasteiger partial charge in [0.25, 0.3) is 11.5 Å². The molecular formula is C11H16N2O3. The van der Waals surface area contributed by atoms with E-state index >= 15 is 0 Å². The molecule has 5 nitrogen and oxygen atoms in total. The minimum Gasteiger partial charge on any atom is -0.383 e. The largest absolute Gasteiger partial charge is 0.383 e. The van der Waals surface area contributed by atoms with Crippen molar-refractivity contribution in [2.24, 2.45) is 0 Å². The van der Waals surface area contributed by atoms with Crippen LogP contribution in [0.1, 0.15) is 10.4 Å². The molecule has 0 radical (unpaired) electrons. The molecule has 88 valence electrons. The molecule has 0 atom stereocenters. The Hall–Kier alpha value is -1.62. The van der Waals surface area contributed by atoms with Gasteiger partial charge in [0.2, 0.25) is 0 Å². The fourth-order valence-electron chi connectivity index (χ4n) is 1.28. The standard InChI is InChI=1S/C11H16N2O3/c1-12(2)11(15)9-4-5-10(14)13(8-9)6-7-16-3/h4-5,8H,6-7H2,1-3H3. The zero-order valence-electron chi connectivity index (χ0n) is 9.77. The Morgan fingerprint density at radius 3 is 2.69 bits per heavy atom. The number of aromatic nitrogens is 1. The number of ether oxygens (including phenoxy) is 1. The number of hydrogen-bond acceptors (Lipinski definition) is 3. The van der Waals surface area contributed by atoms with Gasteiger partial charge in [0, 0.05) is 40.0 Å². The predicted octanol–water partition coefficient (Wildman–Crippen LogP) is 0.196. The molecule has 0 aromatic carbocycles. The second-order valence-corrected chi connectivity index (χ2v) is 3.64. The molecule has 1 amide bonds. The van der Waals surface area contributed by atoms with Gasteiger partial charge in [0.1, 0.15) is 0 Å². The van der Waals surface area contributed by atoms with Gasteiger partial charge in [0.15, 0.2) is 0 Å². The van der Waals surface area contributed by atoms with Crippen molar-refractivity contribution in [1.82, 2.24) is 9.47 Å². The Kier molecular flexibility index (Phi) is 4.25. The Balaban J connectivity index is 2.98. The molecule has 0 N–H and O–H groups in total. The molecule has 0 aliphatic heterocycles. The zero-order valence-corrected chi connectivity index (χ0v) is 9.77. The number of methoxy groups -OCH3 is 1. The SMILES string of the molecule is COCCn1cc(C(=O)N(C)C)ccc1=O. The highest BCUT2D eigenvalue weighted by molar-refractivity contribution is 5.93. The van der Waals surface area contributed by atoms with Crippen LogP contribution in [-0.4, -0.2) is 43.2 Å². The van der Waals surface area contributed by atoms with E-state index in [4.69, 9.17) is 4.74 Å². The van der Waals surface area contributed by atoms with Crippen LogP contribution in [0, 0.1) is 0 Å². The molecule has 1 rings (SSSR count). The van der Waals surface area contributed by atoms with Crippen LogP contribution in [-0.2, 0) is 11.3 Å². The van der Waals surface area contributed by atoms with Gasteiger partial charge in [-0.3, -0.25) is 9.59 Å². The average Bonchev–Trinajstić information content (AvgIpc) is 2.27. The molecule has 1 aromatic rings. The first-order chi connectivity index (χ1) is 7.56. The topological polar surface area (TPSA) is 51.5 Å². The van der Waals surface area contributed by atoms with Crippen LogP contribution in [0.3, 0.4) is 0 Å². The fourth-order valence-corrected chi connectivity index (χ4v) is 1.28. The number of amides is 1. The summed E-state index contributed by atoms with van der Waals surface area (Å²) in [5.41, 5.74) is 0.369. The summed E-state index contributed by atoms with van der Waals surface area (Å²) in [6.45, 7) is 0.892. The summed E-state index contributed by atoms with van der Waals surface area (Å²) in [6, 6.07) is 2.93. The van der Waals surface area contributed by atoms with E-state index in [0.717, 1.165) is 0 Å². The maximum atomic E-state index is 11.7. The van der Waals surface area contributed by atoms with E-state index in [1.54, 1.807) is 27.4 Å². The molecular weight excluding hydrogens is 208 g/mol. The minimum absolute atomic E-state index is 0.119. The number of carbonyl (C=O) groups excluding carboxylic acids is 1. The number of nitrogens with zero attached hydrogens (tertiary/aromatic N) is 2. The maximum absolute atomic E-state index is 11.7. The molecule has 5 heteroatoms. The summed E-state index contributed by atoms with van der Waals surface area (Å²) in [7, 11) is 4.92. The number of rotatable bonds is 4. The zero-order chi connectivity index (χ0) is 12.1. The summed E-state index contributed by atoms with van der Waals surface area (Å²) >= 11 is 0. The highest BCUT2D eigenvalue weighted by Crippen LogP contribution is 1.99. The molecule has 0 saturated heterocycles. The van der Waals surface area contributed by atoms with Crippen molar-refractivity contribution in [3.63, 3.8) is 0 Å². The van der Waals surface area contributed by atoms with E-state index in [0.29, 0.717) is 18.7 Å². The molecule has 0 bridgehead atoms. The van der Waals surface area contributed by atoms with Crippen molar-refractivity contribution in [2.45, 2.75) is 6.54 Å². The monoisotopic (exact) mass is 224 g/mol. The van der Waals surface area contributed by atoms with Gasteiger partial charge in [-0.25, -0.2) is 0 Å². The molecule has 1 heterocycles. The Morgan fingerprint density at radius 1 is 1.44 bits per heavy atom. The van der Waals surface area contributed by atoms with E-state index in [1.165, 1.54) is 21.6 Å². The van der Waals surface area contributed by atoms with Crippen LogP contribution in [0.2, 0.25) is 0 Å². The fraction of sp³-hybridized carbons (Fsp3) is 0.455. The van der Waals surface area contributed by atoms with Crippen LogP contribution < -0.4 is 5.56 Å². The lowest BCUT2D eigenvalue weighted by Crippen LogP contribution is -2.26. The number of carbonyl (C=O) groups is 1. The third-order valence-corrected chi connectivity index (χ3v) is 2.17. The summed E-state index contributed by atoms with van der Waals surface area (Å²) < 4.78 is 6.37. The van der Waals surface area contributed by atoms with Crippen LogP contribution >= 0.6 is 0 Å². The molecule has 0 unspecified atom stereocenters. The Bertz CT molecular complexity index is 423. The lowest BCUT2D eigenvalue weighted by atomic mass is 10.2. The Labute approximate surface area is 94.2 Å². The van der Waals surface area contributed by atoms with Crippen molar-refractivity contribution in [1.29, 1.82) is 0 Å². The molecule has 0 spiro atoms. The predicted molar refractivity (Wildman–Crippen MR) is 60.6 cm³/mol. The van der Waals surface area contributed by atoms with Crippen LogP contribution in [0.15, 0.2) is 23.1 Å². The smallest absolute Gasteiger partial charge is 0.254 e. The molecule has 0 aliphatic carbocycles. The van der Waals surface area contributed by atoms with Gasteiger partial charge in [-0.15, -0.1) is 0 Å². The molecule has 0 saturated carbocycles. The summed E-state index contributed by atoms with van der Waals surface area (Å²) in [5.74, 6) is -0.119. The van der Waals surface area contributed by atoms with Crippen molar-refractivity contribution in [2.75, 3.05) is 27.8 Å². The molecule has 0 aliphatic rings. The molecule has 1 aromatic heterocycles. The van der Waals surface area contributed by atoms with E-state index in [9.17, 15) is 9.59 Å². The van der Waals surface area contributed by atoms with E-state index in [2.05, 4.69) is 0 Å². The number of hydrogen-bond donors (Lipinski definition) is 0. The van der Waals surface area contributed by atoms with Gasteiger partial charge in [-0.1, -0.05) is 0 Å². The van der Waals surface area contributed by atoms with Crippen molar-refractivity contribution >= 4 is 5.91 Å².